The van der Waals surface area contributed by atoms with E-state index in [0.717, 1.165) is 29.7 Å². The number of carboxylic acids is 1. The Balaban J connectivity index is 1.51. The maximum absolute atomic E-state index is 13.0. The predicted octanol–water partition coefficient (Wildman–Crippen LogP) is 6.48. The summed E-state index contributed by atoms with van der Waals surface area (Å²) in [5, 5.41) is 9.29. The maximum Gasteiger partial charge on any atom is 0.415 e. The van der Waals surface area contributed by atoms with Gasteiger partial charge in [-0.3, -0.25) is 0 Å². The lowest BCUT2D eigenvalue weighted by atomic mass is 10.1. The molecule has 0 fully saturated rings. The molecule has 0 heterocycles. The molecule has 1 unspecified atom stereocenters. The van der Waals surface area contributed by atoms with E-state index in [1.54, 1.807) is 30.0 Å². The molecular formula is C31H37NO6S. The number of thioether (sulfide) groups is 1. The number of benzene rings is 3. The monoisotopic (exact) mass is 551 g/mol. The highest BCUT2D eigenvalue weighted by Crippen LogP contribution is 2.20. The van der Waals surface area contributed by atoms with Crippen LogP contribution in [0.15, 0.2) is 83.8 Å². The van der Waals surface area contributed by atoms with E-state index in [0.29, 0.717) is 37.8 Å². The third kappa shape index (κ3) is 10.7. The van der Waals surface area contributed by atoms with Crippen LogP contribution in [0.5, 0.6) is 11.5 Å². The average Bonchev–Trinajstić information content (AvgIpc) is 2.94. The molecule has 3 aromatic rings. The van der Waals surface area contributed by atoms with Crippen LogP contribution in [-0.2, 0) is 16.0 Å². The van der Waals surface area contributed by atoms with Crippen LogP contribution < -0.4 is 9.47 Å². The normalized spacial score (nSPS) is 11.5. The Morgan fingerprint density at radius 3 is 2.33 bits per heavy atom. The summed E-state index contributed by atoms with van der Waals surface area (Å²) in [4.78, 5) is 27.3. The van der Waals surface area contributed by atoms with Crippen LogP contribution in [-0.4, -0.2) is 60.2 Å². The fraction of sp³-hybridized carbons (Fsp3) is 0.355. The van der Waals surface area contributed by atoms with Crippen LogP contribution in [0.3, 0.4) is 0 Å². The van der Waals surface area contributed by atoms with E-state index < -0.39 is 18.2 Å². The summed E-state index contributed by atoms with van der Waals surface area (Å²) in [5.41, 5.74) is 1.75. The van der Waals surface area contributed by atoms with Gasteiger partial charge in [-0.1, -0.05) is 48.5 Å². The molecule has 39 heavy (non-hydrogen) atoms. The summed E-state index contributed by atoms with van der Waals surface area (Å²) >= 11 is 1.81. The first-order chi connectivity index (χ1) is 19.0. The number of para-hydroxylation sites is 1. The zero-order valence-electron chi connectivity index (χ0n) is 22.6. The third-order valence-electron chi connectivity index (χ3n) is 6.00. The fourth-order valence-corrected chi connectivity index (χ4v) is 4.80. The van der Waals surface area contributed by atoms with Gasteiger partial charge in [0.15, 0.2) is 6.10 Å². The fourth-order valence-electron chi connectivity index (χ4n) is 3.86. The highest BCUT2D eigenvalue weighted by molar-refractivity contribution is 7.99. The largest absolute Gasteiger partial charge is 0.492 e. The van der Waals surface area contributed by atoms with Gasteiger partial charge in [-0.25, -0.2) is 9.59 Å². The molecule has 1 N–H and O–H groups in total. The van der Waals surface area contributed by atoms with Gasteiger partial charge in [0.1, 0.15) is 18.1 Å². The molecule has 8 heteroatoms. The number of carbonyl (C=O) groups excluding carboxylic acids is 1. The molecule has 0 aromatic heterocycles. The second-order valence-electron chi connectivity index (χ2n) is 8.97. The molecule has 208 valence electrons. The number of rotatable bonds is 16. The standard InChI is InChI=1S/C31H37NO6S/c1-3-36-29(30(33)34)23-25-15-17-26(18-16-25)37-21-20-32(31(35)38-28-14-8-7-11-24(28)2)19-9-10-22-39-27-12-5-4-6-13-27/h4-8,11-18,29H,3,9-10,19-23H2,1-2H3,(H,33,34). The second-order valence-corrected chi connectivity index (χ2v) is 10.1. The first kappa shape index (κ1) is 30.1. The van der Waals surface area contributed by atoms with E-state index >= 15 is 0 Å². The Morgan fingerprint density at radius 1 is 0.923 bits per heavy atom. The number of aryl methyl sites for hydroxylation is 1. The minimum absolute atomic E-state index is 0.282. The summed E-state index contributed by atoms with van der Waals surface area (Å²) in [5.74, 6) is 1.19. The van der Waals surface area contributed by atoms with Crippen molar-refractivity contribution in [1.29, 1.82) is 0 Å². The molecule has 0 aliphatic heterocycles. The van der Waals surface area contributed by atoms with Gasteiger partial charge in [0.2, 0.25) is 0 Å². The van der Waals surface area contributed by atoms with Gasteiger partial charge in [0, 0.05) is 24.5 Å². The molecule has 0 saturated heterocycles. The first-order valence-corrected chi connectivity index (χ1v) is 14.2. The number of unbranched alkanes of at least 4 members (excludes halogenated alkanes) is 1. The number of carboxylic acid groups (broad SMARTS) is 1. The van der Waals surface area contributed by atoms with Crippen LogP contribution >= 0.6 is 11.8 Å². The van der Waals surface area contributed by atoms with Crippen molar-refractivity contribution in [2.75, 3.05) is 32.1 Å². The molecule has 0 radical (unpaired) electrons. The van der Waals surface area contributed by atoms with Crippen molar-refractivity contribution in [2.45, 2.75) is 44.1 Å². The molecule has 0 aliphatic rings. The molecule has 0 spiro atoms. The Kier molecular flexibility index (Phi) is 12.7. The number of ether oxygens (including phenoxy) is 3. The van der Waals surface area contributed by atoms with E-state index in [-0.39, 0.29) is 6.42 Å². The van der Waals surface area contributed by atoms with E-state index in [4.69, 9.17) is 14.2 Å². The van der Waals surface area contributed by atoms with Gasteiger partial charge in [-0.05, 0) is 73.9 Å². The molecule has 0 aliphatic carbocycles. The number of aliphatic carboxylic acids is 1. The van der Waals surface area contributed by atoms with Crippen LogP contribution in [0.4, 0.5) is 4.79 Å². The lowest BCUT2D eigenvalue weighted by molar-refractivity contribution is -0.149. The van der Waals surface area contributed by atoms with Crippen molar-refractivity contribution in [1.82, 2.24) is 4.90 Å². The molecule has 0 bridgehead atoms. The number of carbonyl (C=O) groups is 2. The van der Waals surface area contributed by atoms with E-state index in [2.05, 4.69) is 12.1 Å². The van der Waals surface area contributed by atoms with Crippen molar-refractivity contribution in [3.05, 3.63) is 90.0 Å². The minimum atomic E-state index is -0.978. The maximum atomic E-state index is 13.0. The lowest BCUT2D eigenvalue weighted by Crippen LogP contribution is -2.37. The van der Waals surface area contributed by atoms with Crippen molar-refractivity contribution in [3.63, 3.8) is 0 Å². The number of nitrogens with zero attached hydrogens (tertiary/aromatic N) is 1. The number of amides is 1. The lowest BCUT2D eigenvalue weighted by Gasteiger charge is -2.22. The highest BCUT2D eigenvalue weighted by atomic mass is 32.2. The average molecular weight is 552 g/mol. The van der Waals surface area contributed by atoms with Gasteiger partial charge in [-0.2, -0.15) is 0 Å². The smallest absolute Gasteiger partial charge is 0.415 e. The van der Waals surface area contributed by atoms with Gasteiger partial charge >= 0.3 is 12.1 Å². The van der Waals surface area contributed by atoms with Crippen molar-refractivity contribution < 1.29 is 28.9 Å². The first-order valence-electron chi connectivity index (χ1n) is 13.2. The van der Waals surface area contributed by atoms with Crippen molar-refractivity contribution in [2.24, 2.45) is 0 Å². The quantitative estimate of drug-likeness (QED) is 0.161. The minimum Gasteiger partial charge on any atom is -0.492 e. The van der Waals surface area contributed by atoms with E-state index in [1.165, 1.54) is 4.90 Å². The molecule has 3 aromatic carbocycles. The molecule has 1 amide bonds. The third-order valence-corrected chi connectivity index (χ3v) is 7.10. The van der Waals surface area contributed by atoms with Crippen molar-refractivity contribution in [3.8, 4) is 11.5 Å². The predicted molar refractivity (Wildman–Crippen MR) is 154 cm³/mol. The van der Waals surface area contributed by atoms with Crippen LogP contribution in [0, 0.1) is 6.92 Å². The summed E-state index contributed by atoms with van der Waals surface area (Å²) in [6, 6.07) is 25.0. The van der Waals surface area contributed by atoms with Crippen LogP contribution in [0.2, 0.25) is 0 Å². The van der Waals surface area contributed by atoms with Gasteiger partial charge in [0.25, 0.3) is 0 Å². The summed E-state index contributed by atoms with van der Waals surface area (Å²) in [6.07, 6.45) is 0.831. The zero-order valence-corrected chi connectivity index (χ0v) is 23.4. The molecule has 0 saturated carbocycles. The van der Waals surface area contributed by atoms with E-state index in [1.807, 2.05) is 67.2 Å². The van der Waals surface area contributed by atoms with Crippen molar-refractivity contribution >= 4 is 23.8 Å². The van der Waals surface area contributed by atoms with Crippen LogP contribution in [0.25, 0.3) is 0 Å². The topological polar surface area (TPSA) is 85.3 Å². The van der Waals surface area contributed by atoms with Gasteiger partial charge in [-0.15, -0.1) is 11.8 Å². The van der Waals surface area contributed by atoms with E-state index in [9.17, 15) is 14.7 Å². The summed E-state index contributed by atoms with van der Waals surface area (Å²) in [6.45, 7) is 5.27. The van der Waals surface area contributed by atoms with Crippen LogP contribution in [0.1, 0.15) is 30.9 Å². The van der Waals surface area contributed by atoms with Gasteiger partial charge in [0.05, 0.1) is 6.54 Å². The molecule has 1 atom stereocenters. The Hall–Kier alpha value is -3.49. The summed E-state index contributed by atoms with van der Waals surface area (Å²) < 4.78 is 16.9. The SMILES string of the molecule is CCOC(Cc1ccc(OCCN(CCCCSc2ccccc2)C(=O)Oc2ccccc2C)cc1)C(=O)O. The van der Waals surface area contributed by atoms with Gasteiger partial charge < -0.3 is 24.2 Å². The zero-order chi connectivity index (χ0) is 27.9. The highest BCUT2D eigenvalue weighted by Gasteiger charge is 2.19. The Labute approximate surface area is 235 Å². The number of hydrogen-bond donors (Lipinski definition) is 1. The summed E-state index contributed by atoms with van der Waals surface area (Å²) in [7, 11) is 0. The Morgan fingerprint density at radius 2 is 1.64 bits per heavy atom. The number of hydrogen-bond acceptors (Lipinski definition) is 6. The molecule has 3 rings (SSSR count). The molecular weight excluding hydrogens is 514 g/mol. The second kappa shape index (κ2) is 16.5. The Bertz CT molecular complexity index is 1160. The molecule has 7 nitrogen and oxygen atoms in total.